The minimum absolute atomic E-state index is 0.0573. The molecule has 0 saturated carbocycles. The van der Waals surface area contributed by atoms with E-state index in [4.69, 9.17) is 0 Å². The van der Waals surface area contributed by atoms with Crippen molar-refractivity contribution in [3.05, 3.63) is 0 Å². The van der Waals surface area contributed by atoms with Gasteiger partial charge in [-0.05, 0) is 0 Å². The van der Waals surface area contributed by atoms with Crippen LogP contribution >= 0.6 is 16.6 Å². The topological polar surface area (TPSA) is 0 Å². The second kappa shape index (κ2) is 3.26. The molecule has 4 bridgehead atoms. The van der Waals surface area contributed by atoms with Gasteiger partial charge in [-0.25, -0.2) is 0 Å². The number of rotatable bonds is 0. The van der Waals surface area contributed by atoms with Crippen molar-refractivity contribution in [2.75, 3.05) is 0 Å². The molecule has 4 aliphatic heterocycles. The Kier molecular flexibility index (Phi) is 2.69. The molecule has 4 rings (SSSR count). The van der Waals surface area contributed by atoms with E-state index in [0.717, 1.165) is 0 Å². The molecular weight excluding hydrogens is 412 g/mol. The average molecular weight is 420 g/mol. The Labute approximate surface area is 85.0 Å². The molecule has 0 aromatic carbocycles. The van der Waals surface area contributed by atoms with Crippen LogP contribution in [0.4, 0.5) is 0 Å². The molecule has 0 N–H and O–H groups in total. The molecule has 0 radical (unpaired) electrons. The van der Waals surface area contributed by atoms with Gasteiger partial charge in [0.25, 0.3) is 0 Å². The summed E-state index contributed by atoms with van der Waals surface area (Å²) < 4.78 is 7.58. The van der Waals surface area contributed by atoms with E-state index in [0.29, 0.717) is 0 Å². The van der Waals surface area contributed by atoms with E-state index in [1.165, 1.54) is 0 Å². The first-order valence-electron chi connectivity index (χ1n) is 3.26. The molecule has 0 unspecified atom stereocenters. The normalized spacial score (nSPS) is 57.6. The van der Waals surface area contributed by atoms with E-state index >= 15 is 0 Å². The van der Waals surface area contributed by atoms with E-state index in [2.05, 4.69) is 16.6 Å². The molecule has 6 heteroatoms. The fourth-order valence-corrected chi connectivity index (χ4v) is 195. The van der Waals surface area contributed by atoms with Crippen molar-refractivity contribution in [2.45, 2.75) is 16.0 Å². The van der Waals surface area contributed by atoms with Crippen LogP contribution in [0.2, 0.25) is 16.0 Å². The molecule has 0 nitrogen and oxygen atoms in total. The van der Waals surface area contributed by atoms with E-state index in [-0.39, 0.29) is 54.0 Å². The molecule has 0 aliphatic carbocycles. The van der Waals surface area contributed by atoms with Gasteiger partial charge in [-0.2, -0.15) is 0 Å². The van der Waals surface area contributed by atoms with Crippen LogP contribution in [-0.2, 0) is 0 Å². The summed E-state index contributed by atoms with van der Waals surface area (Å²) in [5.41, 5.74) is 0. The molecule has 4 aliphatic rings. The quantitative estimate of drug-likeness (QED) is 0.547. The van der Waals surface area contributed by atoms with Crippen LogP contribution in [0.3, 0.4) is 0 Å². The molecule has 0 aromatic heterocycles. The summed E-state index contributed by atoms with van der Waals surface area (Å²) in [6.07, 6.45) is 0. The van der Waals surface area contributed by atoms with Crippen LogP contribution < -0.4 is 0 Å². The molecule has 56 valence electrons. The molecule has 0 spiro atoms. The minimum atomic E-state index is -0.0573. The molecular formula is C4H8As4S2. The third-order valence-corrected chi connectivity index (χ3v) is 96.4. The number of hydrogen-bond donors (Lipinski definition) is 0. The maximum absolute atomic E-state index is 2.66. The van der Waals surface area contributed by atoms with Crippen molar-refractivity contribution in [1.82, 2.24) is 0 Å². The van der Waals surface area contributed by atoms with Crippen molar-refractivity contribution in [1.29, 1.82) is 0 Å². The van der Waals surface area contributed by atoms with Gasteiger partial charge in [-0.1, -0.05) is 0 Å². The summed E-state index contributed by atoms with van der Waals surface area (Å²) in [6.45, 7) is 0. The zero-order valence-corrected chi connectivity index (χ0v) is 14.6. The molecule has 4 heterocycles. The Hall–Kier alpha value is 2.93. The summed E-state index contributed by atoms with van der Waals surface area (Å²) in [6, 6.07) is 0. The third kappa shape index (κ3) is 1.49. The second-order valence-electron chi connectivity index (χ2n) is 2.66. The monoisotopic (exact) mass is 420 g/mol. The van der Waals surface area contributed by atoms with E-state index in [1.807, 2.05) is 16.0 Å². The fraction of sp³-hybridized carbons (Fsp3) is 1.00. The summed E-state index contributed by atoms with van der Waals surface area (Å²) in [5.74, 6) is 0. The molecule has 10 heavy (non-hydrogen) atoms. The third-order valence-electron chi connectivity index (χ3n) is 1.72. The van der Waals surface area contributed by atoms with Crippen LogP contribution in [0, 0.1) is 0 Å². The van der Waals surface area contributed by atoms with Gasteiger partial charge in [-0.15, -0.1) is 0 Å². The Morgan fingerprint density at radius 1 is 0.600 bits per heavy atom. The van der Waals surface area contributed by atoms with Crippen molar-refractivity contribution >= 4 is 70.6 Å². The van der Waals surface area contributed by atoms with Crippen LogP contribution in [0.5, 0.6) is 0 Å². The Bertz CT molecular complexity index is 107. The standard InChI is InChI=1S/C4H8As4S2/c1-5-2-7-4-8(9-5)3-6(1)10-7/h1-4H2. The van der Waals surface area contributed by atoms with Crippen LogP contribution in [-0.4, -0.2) is 54.0 Å². The van der Waals surface area contributed by atoms with Crippen LogP contribution in [0.15, 0.2) is 0 Å². The van der Waals surface area contributed by atoms with Gasteiger partial charge in [0, 0.05) is 0 Å². The first-order valence-corrected chi connectivity index (χ1v) is 24.5. The average Bonchev–Trinajstić information content (AvgIpc) is 1.82. The van der Waals surface area contributed by atoms with Crippen molar-refractivity contribution < 1.29 is 0 Å². The summed E-state index contributed by atoms with van der Waals surface area (Å²) in [7, 11) is 5.32. The number of hydrogen-bond acceptors (Lipinski definition) is 2. The Balaban J connectivity index is 1.90. The fourth-order valence-electron chi connectivity index (χ4n) is 1.42. The first-order chi connectivity index (χ1) is 4.90. The SMILES string of the molecule is C1[As]2C[As]3C[As](C[As]1S3)S2. The van der Waals surface area contributed by atoms with Gasteiger partial charge in [-0.3, -0.25) is 0 Å². The Morgan fingerprint density at radius 2 is 0.900 bits per heavy atom. The predicted molar refractivity (Wildman–Crippen MR) is 57.4 cm³/mol. The Morgan fingerprint density at radius 3 is 1.20 bits per heavy atom. The van der Waals surface area contributed by atoms with Crippen molar-refractivity contribution in [2.24, 2.45) is 0 Å². The van der Waals surface area contributed by atoms with Crippen molar-refractivity contribution in [3.8, 4) is 0 Å². The summed E-state index contributed by atoms with van der Waals surface area (Å²) >= 11 is -0.229. The van der Waals surface area contributed by atoms with Crippen molar-refractivity contribution in [3.63, 3.8) is 0 Å². The van der Waals surface area contributed by atoms with Gasteiger partial charge in [0.2, 0.25) is 0 Å². The van der Waals surface area contributed by atoms with Crippen LogP contribution in [0.25, 0.3) is 0 Å². The predicted octanol–water partition coefficient (Wildman–Crippen LogP) is 1.62. The van der Waals surface area contributed by atoms with Gasteiger partial charge in [0.1, 0.15) is 0 Å². The molecule has 4 saturated heterocycles. The van der Waals surface area contributed by atoms with Crippen LogP contribution in [0.1, 0.15) is 0 Å². The maximum atomic E-state index is 2.66. The zero-order valence-electron chi connectivity index (χ0n) is 5.43. The molecule has 0 aromatic rings. The molecule has 0 amide bonds. The summed E-state index contributed by atoms with van der Waals surface area (Å²) in [4.78, 5) is 0. The van der Waals surface area contributed by atoms with E-state index in [9.17, 15) is 0 Å². The van der Waals surface area contributed by atoms with Gasteiger partial charge in [0.15, 0.2) is 0 Å². The van der Waals surface area contributed by atoms with Gasteiger partial charge >= 0.3 is 86.5 Å². The molecule has 4 fully saturated rings. The van der Waals surface area contributed by atoms with E-state index in [1.54, 1.807) is 0 Å². The first kappa shape index (κ1) is 8.26. The second-order valence-corrected chi connectivity index (χ2v) is 49.2. The summed E-state index contributed by atoms with van der Waals surface area (Å²) in [5, 5.41) is 0. The van der Waals surface area contributed by atoms with Gasteiger partial charge in [0.05, 0.1) is 0 Å². The van der Waals surface area contributed by atoms with E-state index < -0.39 is 0 Å². The zero-order chi connectivity index (χ0) is 6.55. The molecule has 0 atom stereocenters. The van der Waals surface area contributed by atoms with Gasteiger partial charge < -0.3 is 0 Å².